The number of rotatable bonds is 3. The van der Waals surface area contributed by atoms with Crippen LogP contribution in [0.15, 0.2) is 28.9 Å². The van der Waals surface area contributed by atoms with E-state index in [2.05, 4.69) is 20.9 Å². The Kier molecular flexibility index (Phi) is 4.32. The highest BCUT2D eigenvalue weighted by Gasteiger charge is 1.97. The van der Waals surface area contributed by atoms with E-state index >= 15 is 0 Å². The zero-order chi connectivity index (χ0) is 10.4. The van der Waals surface area contributed by atoms with Crippen molar-refractivity contribution in [2.45, 2.75) is 6.92 Å². The number of nitrogens with zero attached hydrogens (tertiary/aromatic N) is 1. The van der Waals surface area contributed by atoms with E-state index in [9.17, 15) is 4.79 Å². The Morgan fingerprint density at radius 3 is 3.14 bits per heavy atom. The van der Waals surface area contributed by atoms with Crippen LogP contribution in [0.1, 0.15) is 12.6 Å². The summed E-state index contributed by atoms with van der Waals surface area (Å²) >= 11 is 3.32. The first kappa shape index (κ1) is 10.9. The average Bonchev–Trinajstić information content (AvgIpc) is 2.17. The predicted molar refractivity (Wildman–Crippen MR) is 57.6 cm³/mol. The van der Waals surface area contributed by atoms with Crippen molar-refractivity contribution in [3.05, 3.63) is 34.6 Å². The van der Waals surface area contributed by atoms with Crippen LogP contribution in [0.25, 0.3) is 6.08 Å². The van der Waals surface area contributed by atoms with E-state index in [0.29, 0.717) is 12.3 Å². The number of carbonyl (C=O) groups excluding carboxylic acids is 1. The Morgan fingerprint density at radius 1 is 1.71 bits per heavy atom. The molecular formula is C10H10BrNO2. The molecule has 0 aliphatic rings. The second-order valence-electron chi connectivity index (χ2n) is 2.46. The molecule has 74 valence electrons. The maximum Gasteiger partial charge on any atom is 0.330 e. The van der Waals surface area contributed by atoms with Gasteiger partial charge in [0.1, 0.15) is 0 Å². The molecular weight excluding hydrogens is 246 g/mol. The number of hydrogen-bond acceptors (Lipinski definition) is 3. The lowest BCUT2D eigenvalue weighted by molar-refractivity contribution is -0.137. The van der Waals surface area contributed by atoms with E-state index < -0.39 is 0 Å². The Balaban J connectivity index is 2.69. The first-order valence-corrected chi connectivity index (χ1v) is 4.98. The lowest BCUT2D eigenvalue weighted by atomic mass is 10.3. The molecule has 0 saturated carbocycles. The fourth-order valence-electron chi connectivity index (χ4n) is 0.858. The fourth-order valence-corrected chi connectivity index (χ4v) is 1.25. The van der Waals surface area contributed by atoms with Crippen LogP contribution in [-0.2, 0) is 9.53 Å². The van der Waals surface area contributed by atoms with Crippen LogP contribution in [0.2, 0.25) is 0 Å². The largest absolute Gasteiger partial charge is 0.463 e. The fraction of sp³-hybridized carbons (Fsp3) is 0.200. The Hall–Kier alpha value is -1.16. The minimum Gasteiger partial charge on any atom is -0.463 e. The van der Waals surface area contributed by atoms with Gasteiger partial charge in [-0.3, -0.25) is 4.98 Å². The van der Waals surface area contributed by atoms with E-state index in [0.717, 1.165) is 4.47 Å². The van der Waals surface area contributed by atoms with Crippen molar-refractivity contribution in [2.75, 3.05) is 6.61 Å². The van der Waals surface area contributed by atoms with Crippen molar-refractivity contribution in [2.24, 2.45) is 0 Å². The number of halogens is 1. The molecule has 0 atom stereocenters. The van der Waals surface area contributed by atoms with Gasteiger partial charge in [0.25, 0.3) is 0 Å². The second kappa shape index (κ2) is 5.54. The molecule has 0 aromatic carbocycles. The second-order valence-corrected chi connectivity index (χ2v) is 3.31. The average molecular weight is 256 g/mol. The standard InChI is InChI=1S/C10H10BrNO2/c1-2-14-10(13)6-5-9-8(11)4-3-7-12-9/h3-7H,2H2,1H3/b6-5+. The van der Waals surface area contributed by atoms with Gasteiger partial charge in [-0.05, 0) is 41.1 Å². The third-order valence-corrected chi connectivity index (χ3v) is 2.12. The van der Waals surface area contributed by atoms with Gasteiger partial charge in [-0.2, -0.15) is 0 Å². The van der Waals surface area contributed by atoms with Crippen molar-refractivity contribution in [1.82, 2.24) is 4.98 Å². The van der Waals surface area contributed by atoms with E-state index in [1.165, 1.54) is 6.08 Å². The molecule has 14 heavy (non-hydrogen) atoms. The normalized spacial score (nSPS) is 10.4. The lowest BCUT2D eigenvalue weighted by Gasteiger charge is -1.96. The maximum atomic E-state index is 11.0. The molecule has 1 aromatic rings. The minimum atomic E-state index is -0.356. The summed E-state index contributed by atoms with van der Waals surface area (Å²) in [4.78, 5) is 15.0. The smallest absolute Gasteiger partial charge is 0.330 e. The van der Waals surface area contributed by atoms with Crippen LogP contribution in [0.3, 0.4) is 0 Å². The molecule has 0 saturated heterocycles. The summed E-state index contributed by atoms with van der Waals surface area (Å²) in [5.41, 5.74) is 0.709. The number of ether oxygens (including phenoxy) is 1. The molecule has 0 spiro atoms. The molecule has 3 nitrogen and oxygen atoms in total. The molecule has 0 radical (unpaired) electrons. The van der Waals surface area contributed by atoms with Crippen LogP contribution in [0, 0.1) is 0 Å². The molecule has 0 N–H and O–H groups in total. The quantitative estimate of drug-likeness (QED) is 0.615. The first-order chi connectivity index (χ1) is 6.74. The molecule has 1 aromatic heterocycles. The SMILES string of the molecule is CCOC(=O)/C=C/c1ncccc1Br. The van der Waals surface area contributed by atoms with Gasteiger partial charge in [-0.1, -0.05) is 0 Å². The Morgan fingerprint density at radius 2 is 2.50 bits per heavy atom. The van der Waals surface area contributed by atoms with Gasteiger partial charge in [0.15, 0.2) is 0 Å². The highest BCUT2D eigenvalue weighted by molar-refractivity contribution is 9.10. The molecule has 0 unspecified atom stereocenters. The molecule has 1 rings (SSSR count). The van der Waals surface area contributed by atoms with Gasteiger partial charge < -0.3 is 4.74 Å². The van der Waals surface area contributed by atoms with E-state index in [1.54, 1.807) is 19.2 Å². The van der Waals surface area contributed by atoms with Gasteiger partial charge in [-0.25, -0.2) is 4.79 Å². The number of hydrogen-bond donors (Lipinski definition) is 0. The monoisotopic (exact) mass is 255 g/mol. The van der Waals surface area contributed by atoms with E-state index in [4.69, 9.17) is 4.74 Å². The van der Waals surface area contributed by atoms with Crippen LogP contribution < -0.4 is 0 Å². The number of carbonyl (C=O) groups is 1. The van der Waals surface area contributed by atoms with Gasteiger partial charge in [-0.15, -0.1) is 0 Å². The van der Waals surface area contributed by atoms with Gasteiger partial charge in [0.05, 0.1) is 12.3 Å². The lowest BCUT2D eigenvalue weighted by Crippen LogP contribution is -1.98. The van der Waals surface area contributed by atoms with Crippen LogP contribution >= 0.6 is 15.9 Å². The Bertz CT molecular complexity index is 350. The summed E-state index contributed by atoms with van der Waals surface area (Å²) in [6.45, 7) is 2.15. The molecule has 0 fully saturated rings. The Labute approximate surface area is 90.9 Å². The van der Waals surface area contributed by atoms with Crippen molar-refractivity contribution < 1.29 is 9.53 Å². The van der Waals surface area contributed by atoms with E-state index in [-0.39, 0.29) is 5.97 Å². The molecule has 4 heteroatoms. The summed E-state index contributed by atoms with van der Waals surface area (Å²) in [5, 5.41) is 0. The summed E-state index contributed by atoms with van der Waals surface area (Å²) in [5.74, 6) is -0.356. The van der Waals surface area contributed by atoms with Crippen molar-refractivity contribution in [3.63, 3.8) is 0 Å². The van der Waals surface area contributed by atoms with Crippen LogP contribution in [-0.4, -0.2) is 17.6 Å². The van der Waals surface area contributed by atoms with Crippen molar-refractivity contribution in [1.29, 1.82) is 0 Å². The van der Waals surface area contributed by atoms with Crippen molar-refractivity contribution >= 4 is 28.0 Å². The summed E-state index contributed by atoms with van der Waals surface area (Å²) in [6, 6.07) is 3.67. The third-order valence-electron chi connectivity index (χ3n) is 1.45. The van der Waals surface area contributed by atoms with E-state index in [1.807, 2.05) is 12.1 Å². The zero-order valence-corrected chi connectivity index (χ0v) is 9.32. The zero-order valence-electron chi connectivity index (χ0n) is 7.74. The molecule has 1 heterocycles. The minimum absolute atomic E-state index is 0.356. The van der Waals surface area contributed by atoms with Crippen LogP contribution in [0.5, 0.6) is 0 Å². The highest BCUT2D eigenvalue weighted by atomic mass is 79.9. The van der Waals surface area contributed by atoms with Gasteiger partial charge in [0.2, 0.25) is 0 Å². The number of aromatic nitrogens is 1. The van der Waals surface area contributed by atoms with Crippen molar-refractivity contribution in [3.8, 4) is 0 Å². The van der Waals surface area contributed by atoms with Gasteiger partial charge >= 0.3 is 5.97 Å². The maximum absolute atomic E-state index is 11.0. The third kappa shape index (κ3) is 3.30. The topological polar surface area (TPSA) is 39.2 Å². The molecule has 0 aliphatic heterocycles. The number of esters is 1. The summed E-state index contributed by atoms with van der Waals surface area (Å²) in [7, 11) is 0. The first-order valence-electron chi connectivity index (χ1n) is 4.19. The molecule has 0 amide bonds. The number of pyridine rings is 1. The molecule has 0 bridgehead atoms. The van der Waals surface area contributed by atoms with Gasteiger partial charge in [0, 0.05) is 16.7 Å². The highest BCUT2D eigenvalue weighted by Crippen LogP contribution is 2.14. The predicted octanol–water partition coefficient (Wildman–Crippen LogP) is 2.42. The van der Waals surface area contributed by atoms with Crippen LogP contribution in [0.4, 0.5) is 0 Å². The summed E-state index contributed by atoms with van der Waals surface area (Å²) in [6.07, 6.45) is 4.63. The summed E-state index contributed by atoms with van der Waals surface area (Å²) < 4.78 is 5.58. The molecule has 0 aliphatic carbocycles.